The van der Waals surface area contributed by atoms with E-state index in [1.807, 2.05) is 24.0 Å². The maximum atomic E-state index is 12.3. The van der Waals surface area contributed by atoms with E-state index in [0.29, 0.717) is 17.1 Å². The summed E-state index contributed by atoms with van der Waals surface area (Å²) < 4.78 is 0. The molecule has 5 heteroatoms. The molecule has 18 heavy (non-hydrogen) atoms. The van der Waals surface area contributed by atoms with Gasteiger partial charge in [-0.15, -0.1) is 12.4 Å². The number of likely N-dealkylation sites (tertiary alicyclic amines) is 1. The van der Waals surface area contributed by atoms with Crippen molar-refractivity contribution in [3.63, 3.8) is 0 Å². The van der Waals surface area contributed by atoms with E-state index in [1.54, 1.807) is 6.07 Å². The summed E-state index contributed by atoms with van der Waals surface area (Å²) in [5.74, 6) is 0.0450. The van der Waals surface area contributed by atoms with Crippen LogP contribution >= 0.6 is 24.0 Å². The lowest BCUT2D eigenvalue weighted by Crippen LogP contribution is -2.39. The van der Waals surface area contributed by atoms with Crippen LogP contribution in [0.15, 0.2) is 18.2 Å². The number of benzene rings is 1. The molecule has 0 bridgehead atoms. The molecule has 1 fully saturated rings. The highest BCUT2D eigenvalue weighted by atomic mass is 35.5. The van der Waals surface area contributed by atoms with Crippen molar-refractivity contribution in [1.82, 2.24) is 4.90 Å². The molecule has 0 spiro atoms. The molecule has 1 saturated heterocycles. The first-order valence-corrected chi connectivity index (χ1v) is 6.28. The molecule has 0 aromatic heterocycles. The normalized spacial score (nSPS) is 18.6. The van der Waals surface area contributed by atoms with Crippen molar-refractivity contribution in [1.29, 1.82) is 0 Å². The Hall–Kier alpha value is -0.770. The molecule has 0 aliphatic carbocycles. The second-order valence-corrected chi connectivity index (χ2v) is 4.98. The molecule has 2 rings (SSSR count). The lowest BCUT2D eigenvalue weighted by molar-refractivity contribution is 0.0741. The molecule has 1 amide bonds. The quantitative estimate of drug-likeness (QED) is 0.909. The fourth-order valence-electron chi connectivity index (χ4n) is 2.37. The van der Waals surface area contributed by atoms with E-state index >= 15 is 0 Å². The Morgan fingerprint density at radius 3 is 2.83 bits per heavy atom. The van der Waals surface area contributed by atoms with Gasteiger partial charge in [0, 0.05) is 29.7 Å². The van der Waals surface area contributed by atoms with Gasteiger partial charge in [-0.2, -0.15) is 0 Å². The van der Waals surface area contributed by atoms with Crippen LogP contribution in [-0.2, 0) is 0 Å². The van der Waals surface area contributed by atoms with Gasteiger partial charge in [-0.05, 0) is 43.5 Å². The summed E-state index contributed by atoms with van der Waals surface area (Å²) in [4.78, 5) is 14.2. The Bertz CT molecular complexity index is 417. The van der Waals surface area contributed by atoms with Crippen molar-refractivity contribution in [2.75, 3.05) is 13.1 Å². The average molecular weight is 289 g/mol. The van der Waals surface area contributed by atoms with Gasteiger partial charge in [0.25, 0.3) is 5.91 Å². The van der Waals surface area contributed by atoms with E-state index < -0.39 is 0 Å². The Labute approximate surface area is 119 Å². The molecular formula is C13H18Cl2N2O. The number of rotatable bonds is 2. The standard InChI is InChI=1S/C13H17ClN2O.ClH/c1-9-5-10(7-11(14)6-9)13(17)16-4-2-3-12(16)8-15;/h5-7,12H,2-4,8,15H2,1H3;1H. The smallest absolute Gasteiger partial charge is 0.254 e. The van der Waals surface area contributed by atoms with Gasteiger partial charge in [0.05, 0.1) is 0 Å². The summed E-state index contributed by atoms with van der Waals surface area (Å²) in [7, 11) is 0. The van der Waals surface area contributed by atoms with Crippen LogP contribution < -0.4 is 5.73 Å². The van der Waals surface area contributed by atoms with Crippen LogP contribution in [0.3, 0.4) is 0 Å². The molecule has 1 atom stereocenters. The van der Waals surface area contributed by atoms with Crippen molar-refractivity contribution < 1.29 is 4.79 Å². The number of amides is 1. The lowest BCUT2D eigenvalue weighted by atomic mass is 10.1. The Kier molecular flexibility index (Phi) is 5.45. The molecule has 2 N–H and O–H groups in total. The summed E-state index contributed by atoms with van der Waals surface area (Å²) in [6.45, 7) is 3.27. The number of carbonyl (C=O) groups excluding carboxylic acids is 1. The SMILES string of the molecule is Cc1cc(Cl)cc(C(=O)N2CCCC2CN)c1.Cl. The van der Waals surface area contributed by atoms with Gasteiger partial charge in [0.1, 0.15) is 0 Å². The topological polar surface area (TPSA) is 46.3 Å². The summed E-state index contributed by atoms with van der Waals surface area (Å²) in [6, 6.07) is 5.63. The number of halogens is 2. The third-order valence-corrected chi connectivity index (χ3v) is 3.42. The van der Waals surface area contributed by atoms with Gasteiger partial charge < -0.3 is 10.6 Å². The fraction of sp³-hybridized carbons (Fsp3) is 0.462. The minimum Gasteiger partial charge on any atom is -0.334 e. The zero-order chi connectivity index (χ0) is 12.4. The van der Waals surface area contributed by atoms with Crippen molar-refractivity contribution in [2.45, 2.75) is 25.8 Å². The zero-order valence-corrected chi connectivity index (χ0v) is 11.9. The Morgan fingerprint density at radius 1 is 1.50 bits per heavy atom. The Balaban J connectivity index is 0.00000162. The molecule has 0 saturated carbocycles. The number of aryl methyl sites for hydroxylation is 1. The highest BCUT2D eigenvalue weighted by Gasteiger charge is 2.28. The fourth-order valence-corrected chi connectivity index (χ4v) is 2.66. The lowest BCUT2D eigenvalue weighted by Gasteiger charge is -2.23. The van der Waals surface area contributed by atoms with Gasteiger partial charge in [-0.25, -0.2) is 0 Å². The highest BCUT2D eigenvalue weighted by molar-refractivity contribution is 6.31. The van der Waals surface area contributed by atoms with Gasteiger partial charge in [0.15, 0.2) is 0 Å². The van der Waals surface area contributed by atoms with Crippen molar-refractivity contribution in [3.8, 4) is 0 Å². The first-order valence-electron chi connectivity index (χ1n) is 5.90. The molecule has 1 aromatic carbocycles. The van der Waals surface area contributed by atoms with Crippen LogP contribution in [0.4, 0.5) is 0 Å². The molecule has 0 radical (unpaired) electrons. The van der Waals surface area contributed by atoms with Crippen LogP contribution in [0, 0.1) is 6.92 Å². The molecule has 1 heterocycles. The van der Waals surface area contributed by atoms with Crippen molar-refractivity contribution in [2.24, 2.45) is 5.73 Å². The van der Waals surface area contributed by atoms with E-state index in [9.17, 15) is 4.79 Å². The summed E-state index contributed by atoms with van der Waals surface area (Å²) in [5, 5.41) is 0.608. The van der Waals surface area contributed by atoms with Crippen LogP contribution in [0.25, 0.3) is 0 Å². The van der Waals surface area contributed by atoms with E-state index in [2.05, 4.69) is 0 Å². The summed E-state index contributed by atoms with van der Waals surface area (Å²) >= 11 is 5.98. The Morgan fingerprint density at radius 2 is 2.22 bits per heavy atom. The largest absolute Gasteiger partial charge is 0.334 e. The number of nitrogens with zero attached hydrogens (tertiary/aromatic N) is 1. The second-order valence-electron chi connectivity index (χ2n) is 4.55. The van der Waals surface area contributed by atoms with Gasteiger partial charge in [-0.3, -0.25) is 4.79 Å². The molecule has 100 valence electrons. The minimum absolute atomic E-state index is 0. The maximum absolute atomic E-state index is 12.3. The average Bonchev–Trinajstić information content (AvgIpc) is 2.74. The van der Waals surface area contributed by atoms with Gasteiger partial charge >= 0.3 is 0 Å². The van der Waals surface area contributed by atoms with E-state index in [-0.39, 0.29) is 24.4 Å². The zero-order valence-electron chi connectivity index (χ0n) is 10.4. The number of hydrogen-bond donors (Lipinski definition) is 1. The summed E-state index contributed by atoms with van der Waals surface area (Å²) in [6.07, 6.45) is 2.04. The van der Waals surface area contributed by atoms with E-state index in [1.165, 1.54) is 0 Å². The van der Waals surface area contributed by atoms with Gasteiger partial charge in [-0.1, -0.05) is 11.6 Å². The molecule has 1 aromatic rings. The van der Waals surface area contributed by atoms with Crippen molar-refractivity contribution >= 4 is 29.9 Å². The van der Waals surface area contributed by atoms with Crippen LogP contribution in [0.1, 0.15) is 28.8 Å². The first kappa shape index (κ1) is 15.3. The number of hydrogen-bond acceptors (Lipinski definition) is 2. The molecule has 1 aliphatic heterocycles. The van der Waals surface area contributed by atoms with E-state index in [4.69, 9.17) is 17.3 Å². The van der Waals surface area contributed by atoms with Crippen molar-refractivity contribution in [3.05, 3.63) is 34.3 Å². The molecule has 1 aliphatic rings. The third-order valence-electron chi connectivity index (χ3n) is 3.20. The first-order chi connectivity index (χ1) is 8.11. The molecular weight excluding hydrogens is 271 g/mol. The second kappa shape index (κ2) is 6.41. The molecule has 3 nitrogen and oxygen atoms in total. The predicted octanol–water partition coefficient (Wildman–Crippen LogP) is 2.63. The number of carbonyl (C=O) groups is 1. The monoisotopic (exact) mass is 288 g/mol. The van der Waals surface area contributed by atoms with E-state index in [0.717, 1.165) is 24.9 Å². The van der Waals surface area contributed by atoms with Crippen LogP contribution in [0.5, 0.6) is 0 Å². The maximum Gasteiger partial charge on any atom is 0.254 e. The van der Waals surface area contributed by atoms with Crippen LogP contribution in [-0.4, -0.2) is 29.9 Å². The van der Waals surface area contributed by atoms with Crippen LogP contribution in [0.2, 0.25) is 5.02 Å². The summed E-state index contributed by atoms with van der Waals surface area (Å²) in [5.41, 5.74) is 7.35. The third kappa shape index (κ3) is 3.16. The highest BCUT2D eigenvalue weighted by Crippen LogP contribution is 2.21. The molecule has 1 unspecified atom stereocenters. The number of nitrogens with two attached hydrogens (primary N) is 1. The minimum atomic E-state index is 0. The van der Waals surface area contributed by atoms with Gasteiger partial charge in [0.2, 0.25) is 0 Å². The predicted molar refractivity (Wildman–Crippen MR) is 76.5 cm³/mol.